The number of amides is 1. The van der Waals surface area contributed by atoms with Gasteiger partial charge < -0.3 is 9.30 Å². The van der Waals surface area contributed by atoms with Crippen LogP contribution in [0.25, 0.3) is 11.3 Å². The Kier molecular flexibility index (Phi) is 7.79. The molecular formula is C16H14BrCl4FN2O4S. The predicted octanol–water partition coefficient (Wildman–Crippen LogP) is 6.10. The van der Waals surface area contributed by atoms with Crippen LogP contribution in [0.2, 0.25) is 10.0 Å². The van der Waals surface area contributed by atoms with E-state index in [4.69, 9.17) is 51.1 Å². The highest BCUT2D eigenvalue weighted by Gasteiger charge is 2.44. The van der Waals surface area contributed by atoms with Crippen LogP contribution in [0.5, 0.6) is 0 Å². The highest BCUT2D eigenvalue weighted by molar-refractivity contribution is 9.10. The summed E-state index contributed by atoms with van der Waals surface area (Å²) in [6, 6.07) is 5.71. The second kappa shape index (κ2) is 9.20. The fourth-order valence-electron chi connectivity index (χ4n) is 2.42. The van der Waals surface area contributed by atoms with Gasteiger partial charge in [0, 0.05) is 17.1 Å². The average Bonchev–Trinajstić information content (AvgIpc) is 2.93. The summed E-state index contributed by atoms with van der Waals surface area (Å²) in [5, 5.41) is -0.0685. The van der Waals surface area contributed by atoms with Gasteiger partial charge in [0.1, 0.15) is 11.7 Å². The third-order valence-corrected chi connectivity index (χ3v) is 7.78. The van der Waals surface area contributed by atoms with Gasteiger partial charge in [0.25, 0.3) is 9.84 Å². The topological polar surface area (TPSA) is 68.6 Å². The Morgan fingerprint density at radius 1 is 1.28 bits per heavy atom. The lowest BCUT2D eigenvalue weighted by Gasteiger charge is -2.22. The molecular weight excluding hydrogens is 557 g/mol. The van der Waals surface area contributed by atoms with Crippen molar-refractivity contribution in [2.75, 3.05) is 13.7 Å². The Morgan fingerprint density at radius 2 is 1.90 bits per heavy atom. The van der Waals surface area contributed by atoms with Gasteiger partial charge in [-0.15, -0.1) is 0 Å². The van der Waals surface area contributed by atoms with Gasteiger partial charge in [0.15, 0.2) is 0 Å². The average molecular weight is 571 g/mol. The van der Waals surface area contributed by atoms with Gasteiger partial charge >= 0.3 is 10.0 Å². The van der Waals surface area contributed by atoms with Crippen LogP contribution in [0.4, 0.5) is 9.18 Å². The fraction of sp³-hybridized carbons (Fsp3) is 0.312. The first-order valence-electron chi connectivity index (χ1n) is 7.85. The van der Waals surface area contributed by atoms with Crippen LogP contribution < -0.4 is 0 Å². The lowest BCUT2D eigenvalue weighted by atomic mass is 10.1. The fourth-order valence-corrected chi connectivity index (χ4v) is 4.95. The number of halogens is 6. The lowest BCUT2D eigenvalue weighted by molar-refractivity contribution is 0.105. The molecule has 160 valence electrons. The Morgan fingerprint density at radius 3 is 2.41 bits per heavy atom. The molecule has 0 bridgehead atoms. The standard InChI is InChI=1S/C16H14BrCl4FN2O4S/c1-3-28-15(25)23(2)8-24-13(29(26,27)16(20,21)22)7-10(17)14(24)9-4-5-11(18)12(19)6-9/h4-7H,3,8H2,1-2H3. The van der Waals surface area contributed by atoms with Crippen LogP contribution >= 0.6 is 62.3 Å². The second-order valence-electron chi connectivity index (χ2n) is 5.72. The van der Waals surface area contributed by atoms with Crippen LogP contribution in [0.15, 0.2) is 33.8 Å². The second-order valence-corrected chi connectivity index (χ2v) is 11.1. The summed E-state index contributed by atoms with van der Waals surface area (Å²) in [4.78, 5) is 13.1. The zero-order valence-corrected chi connectivity index (χ0v) is 20.4. The van der Waals surface area contributed by atoms with E-state index in [-0.39, 0.29) is 33.5 Å². The summed E-state index contributed by atoms with van der Waals surface area (Å²) in [6.07, 6.45) is -0.719. The molecule has 29 heavy (non-hydrogen) atoms. The van der Waals surface area contributed by atoms with Gasteiger partial charge in [0.2, 0.25) is 0 Å². The number of carbonyl (C=O) groups is 1. The van der Waals surface area contributed by atoms with Crippen molar-refractivity contribution in [3.05, 3.63) is 38.8 Å². The van der Waals surface area contributed by atoms with E-state index < -0.39 is 24.9 Å². The minimum atomic E-state index is -4.86. The Balaban J connectivity index is 2.74. The van der Waals surface area contributed by atoms with Gasteiger partial charge in [-0.25, -0.2) is 13.2 Å². The van der Waals surface area contributed by atoms with Crippen molar-refractivity contribution >= 4 is 78.3 Å². The van der Waals surface area contributed by atoms with Crippen molar-refractivity contribution in [1.82, 2.24) is 9.47 Å². The summed E-state index contributed by atoms with van der Waals surface area (Å²) in [7, 11) is -3.48. The number of carbonyl (C=O) groups excluding carboxylic acids is 1. The van der Waals surface area contributed by atoms with Gasteiger partial charge in [-0.3, -0.25) is 4.90 Å². The van der Waals surface area contributed by atoms with Crippen molar-refractivity contribution in [2.24, 2.45) is 0 Å². The van der Waals surface area contributed by atoms with E-state index in [1.165, 1.54) is 19.2 Å². The molecule has 0 aliphatic heterocycles. The molecule has 0 atom stereocenters. The molecule has 0 N–H and O–H groups in total. The molecule has 13 heteroatoms. The molecule has 2 rings (SSSR count). The molecule has 0 aliphatic carbocycles. The molecule has 1 aromatic carbocycles. The highest BCUT2D eigenvalue weighted by Crippen LogP contribution is 2.41. The van der Waals surface area contributed by atoms with Crippen LogP contribution in [-0.2, 0) is 21.2 Å². The number of nitrogens with zero attached hydrogens (tertiary/aromatic N) is 2. The van der Waals surface area contributed by atoms with Gasteiger partial charge in [-0.2, -0.15) is 4.39 Å². The van der Waals surface area contributed by atoms with Crippen molar-refractivity contribution in [3.63, 3.8) is 0 Å². The first kappa shape index (κ1) is 24.6. The van der Waals surface area contributed by atoms with E-state index in [1.54, 1.807) is 13.0 Å². The molecule has 1 aromatic heterocycles. The Bertz CT molecular complexity index is 1040. The SMILES string of the molecule is CCOC(=O)N(C)Cn1c(S(=O)(=O)C(F)(Cl)Cl)cc(Br)c1-c1ccc(Cl)c(Cl)c1. The summed E-state index contributed by atoms with van der Waals surface area (Å²) >= 11 is 25.8. The van der Waals surface area contributed by atoms with E-state index in [9.17, 15) is 17.6 Å². The minimum Gasteiger partial charge on any atom is -0.450 e. The number of aromatic nitrogens is 1. The zero-order chi connectivity index (χ0) is 22.1. The predicted molar refractivity (Wildman–Crippen MR) is 115 cm³/mol. The van der Waals surface area contributed by atoms with E-state index in [2.05, 4.69) is 15.9 Å². The molecule has 6 nitrogen and oxygen atoms in total. The van der Waals surface area contributed by atoms with Crippen LogP contribution in [0.3, 0.4) is 0 Å². The molecule has 0 spiro atoms. The van der Waals surface area contributed by atoms with Crippen LogP contribution in [0, 0.1) is 0 Å². The number of ether oxygens (including phenoxy) is 1. The van der Waals surface area contributed by atoms with E-state index in [0.29, 0.717) is 5.56 Å². The first-order chi connectivity index (χ1) is 13.3. The third kappa shape index (κ3) is 5.14. The molecule has 0 fully saturated rings. The number of benzene rings is 1. The number of alkyl halides is 3. The summed E-state index contributed by atoms with van der Waals surface area (Å²) in [6.45, 7) is 1.41. The largest absolute Gasteiger partial charge is 0.450 e. The van der Waals surface area contributed by atoms with E-state index >= 15 is 0 Å². The quantitative estimate of drug-likeness (QED) is 0.393. The third-order valence-electron chi connectivity index (χ3n) is 3.72. The summed E-state index contributed by atoms with van der Waals surface area (Å²) in [5.74, 6) is 0. The van der Waals surface area contributed by atoms with E-state index in [1.807, 2.05) is 0 Å². The zero-order valence-electron chi connectivity index (χ0n) is 14.9. The molecule has 0 aliphatic rings. The van der Waals surface area contributed by atoms with Crippen molar-refractivity contribution in [2.45, 2.75) is 22.5 Å². The monoisotopic (exact) mass is 568 g/mol. The maximum absolute atomic E-state index is 14.1. The normalized spacial score (nSPS) is 12.1. The Hall–Kier alpha value is -0.710. The molecule has 1 heterocycles. The summed E-state index contributed by atoms with van der Waals surface area (Å²) < 4.78 is 42.0. The maximum atomic E-state index is 14.1. The number of hydrogen-bond donors (Lipinski definition) is 0. The molecule has 0 saturated carbocycles. The van der Waals surface area contributed by atoms with E-state index in [0.717, 1.165) is 15.5 Å². The van der Waals surface area contributed by atoms with Crippen LogP contribution in [0.1, 0.15) is 6.92 Å². The number of sulfone groups is 1. The molecule has 1 amide bonds. The molecule has 0 unspecified atom stereocenters. The molecule has 0 saturated heterocycles. The van der Waals surface area contributed by atoms with Gasteiger partial charge in [0.05, 0.1) is 22.3 Å². The van der Waals surface area contributed by atoms with Crippen molar-refractivity contribution in [3.8, 4) is 11.3 Å². The molecule has 0 radical (unpaired) electrons. The first-order valence-corrected chi connectivity index (χ1v) is 11.6. The highest BCUT2D eigenvalue weighted by atomic mass is 79.9. The summed E-state index contributed by atoms with van der Waals surface area (Å²) in [5.41, 5.74) is 0.717. The smallest absolute Gasteiger partial charge is 0.410 e. The minimum absolute atomic E-state index is 0.111. The van der Waals surface area contributed by atoms with Gasteiger partial charge in [-0.05, 0) is 64.3 Å². The van der Waals surface area contributed by atoms with Gasteiger partial charge in [-0.1, -0.05) is 29.3 Å². The van der Waals surface area contributed by atoms with Crippen molar-refractivity contribution < 1.29 is 22.3 Å². The van der Waals surface area contributed by atoms with Crippen molar-refractivity contribution in [1.29, 1.82) is 0 Å². The van der Waals surface area contributed by atoms with Crippen LogP contribution in [-0.4, -0.2) is 41.6 Å². The molecule has 2 aromatic rings. The number of hydrogen-bond acceptors (Lipinski definition) is 4. The number of rotatable bonds is 6. The Labute approximate surface area is 195 Å². The maximum Gasteiger partial charge on any atom is 0.410 e. The lowest BCUT2D eigenvalue weighted by Crippen LogP contribution is -2.32.